The number of rotatable bonds is 5. The van der Waals surface area contributed by atoms with E-state index in [1.165, 1.54) is 16.7 Å². The maximum absolute atomic E-state index is 11.9. The Hall–Kier alpha value is -2.05. The first-order valence-electron chi connectivity index (χ1n) is 6.11. The lowest BCUT2D eigenvalue weighted by molar-refractivity contribution is -0.127. The highest BCUT2D eigenvalue weighted by Gasteiger charge is 2.13. The Morgan fingerprint density at radius 1 is 1.45 bits per heavy atom. The molecule has 1 aromatic heterocycles. The van der Waals surface area contributed by atoms with Crippen LogP contribution in [-0.2, 0) is 4.79 Å². The molecule has 0 radical (unpaired) electrons. The minimum Gasteiger partial charge on any atom is -0.344 e. The number of hydrogen-bond acceptors (Lipinski definition) is 5. The molecule has 0 aromatic carbocycles. The zero-order valence-corrected chi connectivity index (χ0v) is 12.6. The van der Waals surface area contributed by atoms with E-state index in [1.807, 2.05) is 26.0 Å². The first kappa shape index (κ1) is 16.0. The van der Waals surface area contributed by atoms with Gasteiger partial charge in [-0.1, -0.05) is 11.8 Å². The summed E-state index contributed by atoms with van der Waals surface area (Å²) >= 11 is 1.26. The highest BCUT2D eigenvalue weighted by atomic mass is 32.2. The molecule has 0 fully saturated rings. The zero-order chi connectivity index (χ0) is 15.1. The average molecular weight is 288 g/mol. The fourth-order valence-electron chi connectivity index (χ4n) is 1.63. The third kappa shape index (κ3) is 4.25. The van der Waals surface area contributed by atoms with Crippen LogP contribution < -0.4 is 0 Å². The van der Waals surface area contributed by atoms with E-state index in [4.69, 9.17) is 10.5 Å². The molecular weight excluding hydrogens is 272 g/mol. The van der Waals surface area contributed by atoms with Gasteiger partial charge in [0.05, 0.1) is 23.8 Å². The number of carbonyl (C=O) groups excluding carboxylic acids is 1. The van der Waals surface area contributed by atoms with Gasteiger partial charge in [0.25, 0.3) is 0 Å². The summed E-state index contributed by atoms with van der Waals surface area (Å²) in [5, 5.41) is 18.2. The van der Waals surface area contributed by atoms with Gasteiger partial charge in [0.1, 0.15) is 11.1 Å². The van der Waals surface area contributed by atoms with Crippen LogP contribution in [0.3, 0.4) is 0 Å². The standard InChI is InChI=1S/C14H16N4OS/c1-10-7-11(2)17-14(12(10)8-16)20-9-13(19)18(3)6-4-5-15/h7H,4,6,9H2,1-3H3. The Morgan fingerprint density at radius 3 is 2.75 bits per heavy atom. The van der Waals surface area contributed by atoms with Gasteiger partial charge in [-0.15, -0.1) is 0 Å². The lowest BCUT2D eigenvalue weighted by Gasteiger charge is -2.15. The number of aromatic nitrogens is 1. The lowest BCUT2D eigenvalue weighted by Crippen LogP contribution is -2.29. The third-order valence-corrected chi connectivity index (χ3v) is 3.70. The molecule has 0 saturated heterocycles. The second-order valence-electron chi connectivity index (χ2n) is 4.38. The van der Waals surface area contributed by atoms with E-state index in [0.717, 1.165) is 11.3 Å². The molecule has 0 spiro atoms. The van der Waals surface area contributed by atoms with Crippen LogP contribution in [0, 0.1) is 36.5 Å². The van der Waals surface area contributed by atoms with Crippen molar-refractivity contribution in [2.45, 2.75) is 25.3 Å². The molecular formula is C14H16N4OS. The van der Waals surface area contributed by atoms with Crippen molar-refractivity contribution in [2.75, 3.05) is 19.3 Å². The predicted octanol–water partition coefficient (Wildman–Crippen LogP) is 2.03. The normalized spacial score (nSPS) is 9.65. The first-order chi connectivity index (χ1) is 9.49. The maximum atomic E-state index is 11.9. The van der Waals surface area contributed by atoms with Gasteiger partial charge in [0.2, 0.25) is 5.91 Å². The summed E-state index contributed by atoms with van der Waals surface area (Å²) in [7, 11) is 1.67. The second kappa shape index (κ2) is 7.52. The molecule has 1 heterocycles. The zero-order valence-electron chi connectivity index (χ0n) is 11.8. The van der Waals surface area contributed by atoms with Gasteiger partial charge in [0.15, 0.2) is 0 Å². The Morgan fingerprint density at radius 2 is 2.15 bits per heavy atom. The SMILES string of the molecule is Cc1cc(C)c(C#N)c(SCC(=O)N(C)CCC#N)n1. The largest absolute Gasteiger partial charge is 0.344 e. The van der Waals surface area contributed by atoms with E-state index in [0.29, 0.717) is 23.6 Å². The van der Waals surface area contributed by atoms with Crippen LogP contribution in [0.5, 0.6) is 0 Å². The Labute approximate surface area is 123 Å². The molecule has 1 rings (SSSR count). The molecule has 0 saturated carbocycles. The highest BCUT2D eigenvalue weighted by molar-refractivity contribution is 8.00. The quantitative estimate of drug-likeness (QED) is 0.774. The lowest BCUT2D eigenvalue weighted by atomic mass is 10.1. The van der Waals surface area contributed by atoms with E-state index < -0.39 is 0 Å². The molecule has 6 heteroatoms. The van der Waals surface area contributed by atoms with Gasteiger partial charge in [0, 0.05) is 19.3 Å². The van der Waals surface area contributed by atoms with Crippen molar-refractivity contribution in [3.8, 4) is 12.1 Å². The first-order valence-corrected chi connectivity index (χ1v) is 7.10. The molecule has 0 aliphatic heterocycles. The van der Waals surface area contributed by atoms with Gasteiger partial charge >= 0.3 is 0 Å². The molecule has 104 valence electrons. The van der Waals surface area contributed by atoms with Crippen LogP contribution >= 0.6 is 11.8 Å². The molecule has 0 unspecified atom stereocenters. The number of hydrogen-bond donors (Lipinski definition) is 0. The summed E-state index contributed by atoms with van der Waals surface area (Å²) in [5.74, 6) is 0.141. The number of pyridine rings is 1. The van der Waals surface area contributed by atoms with Gasteiger partial charge in [-0.2, -0.15) is 10.5 Å². The van der Waals surface area contributed by atoms with E-state index in [1.54, 1.807) is 7.05 Å². The minimum atomic E-state index is -0.0740. The number of aryl methyl sites for hydroxylation is 2. The molecule has 0 N–H and O–H groups in total. The number of thioether (sulfide) groups is 1. The van der Waals surface area contributed by atoms with Crippen LogP contribution in [0.2, 0.25) is 0 Å². The number of amides is 1. The predicted molar refractivity (Wildman–Crippen MR) is 77.0 cm³/mol. The minimum absolute atomic E-state index is 0.0740. The van der Waals surface area contributed by atoms with Crippen LogP contribution in [0.1, 0.15) is 23.2 Å². The smallest absolute Gasteiger partial charge is 0.232 e. The van der Waals surface area contributed by atoms with Gasteiger partial charge in [-0.25, -0.2) is 4.98 Å². The van der Waals surface area contributed by atoms with Crippen LogP contribution in [-0.4, -0.2) is 35.1 Å². The fourth-order valence-corrected chi connectivity index (χ4v) is 2.67. The Bertz CT molecular complexity index is 586. The van der Waals surface area contributed by atoms with Crippen LogP contribution in [0.25, 0.3) is 0 Å². The molecule has 1 aromatic rings. The summed E-state index contributed by atoms with van der Waals surface area (Å²) in [4.78, 5) is 17.7. The van der Waals surface area contributed by atoms with Crippen molar-refractivity contribution in [3.05, 3.63) is 22.9 Å². The fraction of sp³-hybridized carbons (Fsp3) is 0.429. The van der Waals surface area contributed by atoms with Crippen molar-refractivity contribution in [3.63, 3.8) is 0 Å². The summed E-state index contributed by atoms with van der Waals surface area (Å²) in [5.41, 5.74) is 2.22. The van der Waals surface area contributed by atoms with Gasteiger partial charge in [-0.05, 0) is 25.5 Å². The van der Waals surface area contributed by atoms with Crippen molar-refractivity contribution < 1.29 is 4.79 Å². The van der Waals surface area contributed by atoms with Crippen LogP contribution in [0.4, 0.5) is 0 Å². The third-order valence-electron chi connectivity index (χ3n) is 2.74. The number of nitrogens with zero attached hydrogens (tertiary/aromatic N) is 4. The summed E-state index contributed by atoms with van der Waals surface area (Å²) < 4.78 is 0. The van der Waals surface area contributed by atoms with E-state index >= 15 is 0 Å². The monoisotopic (exact) mass is 288 g/mol. The van der Waals surface area contributed by atoms with E-state index in [-0.39, 0.29) is 11.7 Å². The van der Waals surface area contributed by atoms with E-state index in [2.05, 4.69) is 11.1 Å². The molecule has 1 amide bonds. The second-order valence-corrected chi connectivity index (χ2v) is 5.35. The molecule has 0 aliphatic rings. The summed E-state index contributed by atoms with van der Waals surface area (Å²) in [6.45, 7) is 4.14. The van der Waals surface area contributed by atoms with Crippen molar-refractivity contribution in [2.24, 2.45) is 0 Å². The topological polar surface area (TPSA) is 80.8 Å². The molecule has 5 nitrogen and oxygen atoms in total. The van der Waals surface area contributed by atoms with Crippen molar-refractivity contribution in [1.82, 2.24) is 9.88 Å². The van der Waals surface area contributed by atoms with Crippen LogP contribution in [0.15, 0.2) is 11.1 Å². The maximum Gasteiger partial charge on any atom is 0.232 e. The molecule has 0 atom stereocenters. The van der Waals surface area contributed by atoms with Crippen molar-refractivity contribution in [1.29, 1.82) is 10.5 Å². The average Bonchev–Trinajstić information content (AvgIpc) is 2.41. The summed E-state index contributed by atoms with van der Waals surface area (Å²) in [6, 6.07) is 5.98. The number of carbonyl (C=O) groups is 1. The Balaban J connectivity index is 2.74. The van der Waals surface area contributed by atoms with Gasteiger partial charge < -0.3 is 4.90 Å². The Kier molecular flexibility index (Phi) is 6.02. The summed E-state index contributed by atoms with van der Waals surface area (Å²) in [6.07, 6.45) is 0.318. The molecule has 20 heavy (non-hydrogen) atoms. The van der Waals surface area contributed by atoms with E-state index in [9.17, 15) is 4.79 Å². The molecule has 0 bridgehead atoms. The van der Waals surface area contributed by atoms with Crippen molar-refractivity contribution >= 4 is 17.7 Å². The highest BCUT2D eigenvalue weighted by Crippen LogP contribution is 2.23. The number of nitriles is 2. The molecule has 0 aliphatic carbocycles. The van der Waals surface area contributed by atoms with Gasteiger partial charge in [-0.3, -0.25) is 4.79 Å².